The van der Waals surface area contributed by atoms with Gasteiger partial charge in [0.2, 0.25) is 0 Å². The van der Waals surface area contributed by atoms with Crippen LogP contribution in [0.5, 0.6) is 0 Å². The maximum atomic E-state index is 10.7. The molecule has 3 nitrogen and oxygen atoms in total. The van der Waals surface area contributed by atoms with Crippen LogP contribution in [0.15, 0.2) is 12.3 Å². The van der Waals surface area contributed by atoms with Crippen molar-refractivity contribution in [3.05, 3.63) is 29.1 Å². The molecule has 0 spiro atoms. The molecule has 1 aromatic rings. The van der Waals surface area contributed by atoms with Gasteiger partial charge in [-0.05, 0) is 18.6 Å². The number of aryl methyl sites for hydroxylation is 1. The Balaban J connectivity index is 3.22. The molecule has 72 valence electrons. The first-order chi connectivity index (χ1) is 6.65. The highest BCUT2D eigenvalue weighted by Crippen LogP contribution is 2.06. The topological polar surface area (TPSA) is 50.2 Å². The van der Waals surface area contributed by atoms with E-state index in [9.17, 15) is 4.79 Å². The SMILES string of the molecule is Cc1cnc(C(=O)O)c(C#CCS)c1. The lowest BCUT2D eigenvalue weighted by Crippen LogP contribution is -2.03. The van der Waals surface area contributed by atoms with Crippen LogP contribution in [0.25, 0.3) is 0 Å². The van der Waals surface area contributed by atoms with Crippen LogP contribution in [0.1, 0.15) is 21.6 Å². The van der Waals surface area contributed by atoms with Gasteiger partial charge in [0.05, 0.1) is 11.3 Å². The van der Waals surface area contributed by atoms with E-state index in [0.717, 1.165) is 5.56 Å². The molecule has 0 unspecified atom stereocenters. The van der Waals surface area contributed by atoms with Crippen molar-refractivity contribution in [2.24, 2.45) is 0 Å². The molecule has 0 aliphatic carbocycles. The predicted octanol–water partition coefficient (Wildman–Crippen LogP) is 1.37. The number of thiol groups is 1. The summed E-state index contributed by atoms with van der Waals surface area (Å²) in [4.78, 5) is 14.6. The minimum Gasteiger partial charge on any atom is -0.476 e. The van der Waals surface area contributed by atoms with E-state index >= 15 is 0 Å². The third kappa shape index (κ3) is 2.51. The van der Waals surface area contributed by atoms with Crippen molar-refractivity contribution >= 4 is 18.6 Å². The lowest BCUT2D eigenvalue weighted by molar-refractivity contribution is 0.0690. The average Bonchev–Trinajstić information content (AvgIpc) is 2.14. The van der Waals surface area contributed by atoms with Gasteiger partial charge in [0.15, 0.2) is 5.69 Å². The number of aromatic carboxylic acids is 1. The average molecular weight is 207 g/mol. The molecule has 0 aromatic carbocycles. The molecule has 0 radical (unpaired) electrons. The Labute approximate surface area is 87.6 Å². The number of hydrogen-bond acceptors (Lipinski definition) is 3. The van der Waals surface area contributed by atoms with Crippen molar-refractivity contribution in [2.45, 2.75) is 6.92 Å². The molecule has 0 fully saturated rings. The highest BCUT2D eigenvalue weighted by atomic mass is 32.1. The van der Waals surface area contributed by atoms with Gasteiger partial charge < -0.3 is 5.11 Å². The number of hydrogen-bond donors (Lipinski definition) is 2. The van der Waals surface area contributed by atoms with Gasteiger partial charge >= 0.3 is 5.97 Å². The second-order valence-electron chi connectivity index (χ2n) is 2.67. The summed E-state index contributed by atoms with van der Waals surface area (Å²) in [6.07, 6.45) is 1.51. The van der Waals surface area contributed by atoms with Gasteiger partial charge in [-0.15, -0.1) is 0 Å². The summed E-state index contributed by atoms with van der Waals surface area (Å²) in [5.74, 6) is 4.75. The molecule has 0 saturated heterocycles. The van der Waals surface area contributed by atoms with Gasteiger partial charge in [-0.1, -0.05) is 11.8 Å². The molecule has 1 rings (SSSR count). The number of rotatable bonds is 1. The predicted molar refractivity (Wildman–Crippen MR) is 56.7 cm³/mol. The Morgan fingerprint density at radius 2 is 2.43 bits per heavy atom. The summed E-state index contributed by atoms with van der Waals surface area (Å²) >= 11 is 3.92. The second kappa shape index (κ2) is 4.68. The minimum atomic E-state index is -1.06. The van der Waals surface area contributed by atoms with Crippen LogP contribution in [0.3, 0.4) is 0 Å². The highest BCUT2D eigenvalue weighted by molar-refractivity contribution is 7.80. The number of carbonyl (C=O) groups is 1. The fraction of sp³-hybridized carbons (Fsp3) is 0.200. The number of carboxylic acid groups (broad SMARTS) is 1. The van der Waals surface area contributed by atoms with Gasteiger partial charge in [-0.2, -0.15) is 12.6 Å². The van der Waals surface area contributed by atoms with Crippen LogP contribution in [0.2, 0.25) is 0 Å². The zero-order valence-electron chi connectivity index (χ0n) is 7.61. The molecular weight excluding hydrogens is 198 g/mol. The number of carboxylic acids is 1. The second-order valence-corrected chi connectivity index (χ2v) is 2.99. The van der Waals surface area contributed by atoms with Crippen LogP contribution in [-0.2, 0) is 0 Å². The smallest absolute Gasteiger partial charge is 0.355 e. The Hall–Kier alpha value is -1.47. The van der Waals surface area contributed by atoms with Crippen LogP contribution in [0, 0.1) is 18.8 Å². The first-order valence-corrected chi connectivity index (χ1v) is 4.58. The lowest BCUT2D eigenvalue weighted by atomic mass is 10.1. The minimum absolute atomic E-state index is 0.00937. The van der Waals surface area contributed by atoms with Crippen LogP contribution in [-0.4, -0.2) is 21.8 Å². The first-order valence-electron chi connectivity index (χ1n) is 3.95. The van der Waals surface area contributed by atoms with Gasteiger partial charge in [-0.25, -0.2) is 9.78 Å². The van der Waals surface area contributed by atoms with E-state index in [1.165, 1.54) is 6.20 Å². The molecule has 0 bridgehead atoms. The fourth-order valence-corrected chi connectivity index (χ4v) is 1.05. The van der Waals surface area contributed by atoms with E-state index in [0.29, 0.717) is 11.3 Å². The van der Waals surface area contributed by atoms with Crippen molar-refractivity contribution in [1.29, 1.82) is 0 Å². The number of aromatic nitrogens is 1. The molecule has 14 heavy (non-hydrogen) atoms. The quantitative estimate of drug-likeness (QED) is 0.540. The van der Waals surface area contributed by atoms with Crippen molar-refractivity contribution < 1.29 is 9.90 Å². The molecule has 1 aromatic heterocycles. The Morgan fingerprint density at radius 1 is 1.71 bits per heavy atom. The monoisotopic (exact) mass is 207 g/mol. The number of pyridine rings is 1. The van der Waals surface area contributed by atoms with E-state index < -0.39 is 5.97 Å². The maximum Gasteiger partial charge on any atom is 0.355 e. The van der Waals surface area contributed by atoms with Crippen molar-refractivity contribution in [2.75, 3.05) is 5.75 Å². The maximum absolute atomic E-state index is 10.7. The summed E-state index contributed by atoms with van der Waals surface area (Å²) < 4.78 is 0. The zero-order chi connectivity index (χ0) is 10.6. The molecule has 0 aliphatic heterocycles. The van der Waals surface area contributed by atoms with E-state index in [1.54, 1.807) is 6.07 Å². The standard InChI is InChI=1S/C10H9NO2S/c1-7-5-8(3-2-4-14)9(10(12)13)11-6-7/h5-6,14H,4H2,1H3,(H,12,13). The molecule has 0 saturated carbocycles. The molecule has 4 heteroatoms. The zero-order valence-corrected chi connectivity index (χ0v) is 8.51. The van der Waals surface area contributed by atoms with Gasteiger partial charge in [0.25, 0.3) is 0 Å². The molecule has 0 amide bonds. The van der Waals surface area contributed by atoms with Gasteiger partial charge in [-0.3, -0.25) is 0 Å². The van der Waals surface area contributed by atoms with E-state index in [2.05, 4.69) is 29.5 Å². The van der Waals surface area contributed by atoms with Crippen LogP contribution < -0.4 is 0 Å². The Bertz CT molecular complexity index is 418. The molecular formula is C10H9NO2S. The summed E-state index contributed by atoms with van der Waals surface area (Å²) in [5, 5.41) is 8.81. The highest BCUT2D eigenvalue weighted by Gasteiger charge is 2.09. The van der Waals surface area contributed by atoms with E-state index in [-0.39, 0.29) is 5.69 Å². The summed E-state index contributed by atoms with van der Waals surface area (Å²) in [6, 6.07) is 1.70. The summed E-state index contributed by atoms with van der Waals surface area (Å²) in [7, 11) is 0. The van der Waals surface area contributed by atoms with Crippen LogP contribution >= 0.6 is 12.6 Å². The third-order valence-electron chi connectivity index (χ3n) is 1.53. The molecule has 1 heterocycles. The third-order valence-corrected chi connectivity index (χ3v) is 1.69. The Morgan fingerprint density at radius 3 is 3.00 bits per heavy atom. The molecule has 0 aliphatic rings. The lowest BCUT2D eigenvalue weighted by Gasteiger charge is -1.98. The van der Waals surface area contributed by atoms with Crippen molar-refractivity contribution in [3.63, 3.8) is 0 Å². The van der Waals surface area contributed by atoms with Crippen molar-refractivity contribution in [3.8, 4) is 11.8 Å². The first kappa shape index (κ1) is 10.6. The van der Waals surface area contributed by atoms with E-state index in [4.69, 9.17) is 5.11 Å². The van der Waals surface area contributed by atoms with Crippen molar-refractivity contribution in [1.82, 2.24) is 4.98 Å². The molecule has 0 atom stereocenters. The van der Waals surface area contributed by atoms with Crippen LogP contribution in [0.4, 0.5) is 0 Å². The van der Waals surface area contributed by atoms with Gasteiger partial charge in [0.1, 0.15) is 0 Å². The largest absolute Gasteiger partial charge is 0.476 e. The normalized spacial score (nSPS) is 9.00. The van der Waals surface area contributed by atoms with E-state index in [1.807, 2.05) is 6.92 Å². The summed E-state index contributed by atoms with van der Waals surface area (Å²) in [5.41, 5.74) is 1.31. The van der Waals surface area contributed by atoms with Gasteiger partial charge in [0, 0.05) is 6.20 Å². The molecule has 1 N–H and O–H groups in total. The number of nitrogens with zero attached hydrogens (tertiary/aromatic N) is 1. The fourth-order valence-electron chi connectivity index (χ4n) is 0.970. The summed E-state index contributed by atoms with van der Waals surface area (Å²) in [6.45, 7) is 1.84. The Kier molecular flexibility index (Phi) is 3.55.